The van der Waals surface area contributed by atoms with E-state index in [0.717, 1.165) is 18.4 Å². The zero-order chi connectivity index (χ0) is 12.4. The van der Waals surface area contributed by atoms with E-state index in [0.29, 0.717) is 16.5 Å². The van der Waals surface area contributed by atoms with E-state index < -0.39 is 6.09 Å². The Bertz CT molecular complexity index is 450. The van der Waals surface area contributed by atoms with E-state index >= 15 is 0 Å². The summed E-state index contributed by atoms with van der Waals surface area (Å²) in [6.45, 7) is 0. The summed E-state index contributed by atoms with van der Waals surface area (Å²) in [5.74, 6) is -0.223. The molecule has 2 rings (SSSR count). The van der Waals surface area contributed by atoms with Gasteiger partial charge in [0, 0.05) is 0 Å². The summed E-state index contributed by atoms with van der Waals surface area (Å²) < 4.78 is 18.9. The maximum absolute atomic E-state index is 13.9. The van der Waals surface area contributed by atoms with Crippen LogP contribution in [-0.2, 0) is 11.2 Å². The molecule has 3 nitrogen and oxygen atoms in total. The van der Waals surface area contributed by atoms with Gasteiger partial charge in [-0.2, -0.15) is 0 Å². The second kappa shape index (κ2) is 5.04. The van der Waals surface area contributed by atoms with E-state index in [1.165, 1.54) is 7.11 Å². The number of amides is 1. The molecule has 0 saturated carbocycles. The number of hydrogen-bond acceptors (Lipinski definition) is 2. The zero-order valence-electron chi connectivity index (χ0n) is 9.43. The van der Waals surface area contributed by atoms with Crippen molar-refractivity contribution in [2.75, 3.05) is 7.11 Å². The Balaban J connectivity index is 2.32. The first kappa shape index (κ1) is 12.4. The third kappa shape index (κ3) is 2.44. The van der Waals surface area contributed by atoms with Gasteiger partial charge in [0.25, 0.3) is 0 Å². The van der Waals surface area contributed by atoms with Crippen molar-refractivity contribution in [2.24, 2.45) is 0 Å². The van der Waals surface area contributed by atoms with E-state index in [1.807, 2.05) is 6.07 Å². The molecule has 0 fully saturated rings. The quantitative estimate of drug-likeness (QED) is 0.864. The average Bonchev–Trinajstić information content (AvgIpc) is 2.34. The molecule has 0 saturated heterocycles. The Morgan fingerprint density at radius 2 is 2.35 bits per heavy atom. The molecule has 1 amide bonds. The lowest BCUT2D eigenvalue weighted by Gasteiger charge is -2.26. The number of fused-ring (bicyclic) bond motifs is 1. The number of carbonyl (C=O) groups is 1. The lowest BCUT2D eigenvalue weighted by Crippen LogP contribution is -2.31. The van der Waals surface area contributed by atoms with Crippen LogP contribution in [0.3, 0.4) is 0 Å². The minimum Gasteiger partial charge on any atom is -0.453 e. The molecule has 17 heavy (non-hydrogen) atoms. The molecule has 1 N–H and O–H groups in total. The van der Waals surface area contributed by atoms with E-state index in [9.17, 15) is 9.18 Å². The molecule has 1 aliphatic carbocycles. The fraction of sp³-hybridized carbons (Fsp3) is 0.417. The average molecular weight is 302 g/mol. The Kier molecular flexibility index (Phi) is 3.66. The Labute approximate surface area is 107 Å². The topological polar surface area (TPSA) is 38.3 Å². The van der Waals surface area contributed by atoms with Gasteiger partial charge in [0.05, 0.1) is 17.6 Å². The molecule has 1 unspecified atom stereocenters. The fourth-order valence-electron chi connectivity index (χ4n) is 2.18. The van der Waals surface area contributed by atoms with E-state index in [4.69, 9.17) is 0 Å². The highest BCUT2D eigenvalue weighted by Gasteiger charge is 2.25. The van der Waals surface area contributed by atoms with Crippen molar-refractivity contribution in [3.05, 3.63) is 33.5 Å². The standard InChI is InChI=1S/C12H13BrFNO2/c1-17-12(16)15-10-4-2-3-8-7(10)5-6-9(13)11(8)14/h5-6,10H,2-4H2,1H3,(H,15,16). The van der Waals surface area contributed by atoms with Gasteiger partial charge in [-0.05, 0) is 52.4 Å². The first-order valence-corrected chi connectivity index (χ1v) is 6.24. The van der Waals surface area contributed by atoms with Gasteiger partial charge in [-0.3, -0.25) is 0 Å². The predicted molar refractivity (Wildman–Crippen MR) is 65.3 cm³/mol. The zero-order valence-corrected chi connectivity index (χ0v) is 11.0. The largest absolute Gasteiger partial charge is 0.453 e. The van der Waals surface area contributed by atoms with Crippen molar-refractivity contribution < 1.29 is 13.9 Å². The molecule has 0 radical (unpaired) electrons. The molecule has 0 spiro atoms. The van der Waals surface area contributed by atoms with Crippen LogP contribution in [-0.4, -0.2) is 13.2 Å². The smallest absolute Gasteiger partial charge is 0.407 e. The molecular formula is C12H13BrFNO2. The molecule has 0 aliphatic heterocycles. The number of carbonyl (C=O) groups excluding carboxylic acids is 1. The molecule has 1 atom stereocenters. The second-order valence-corrected chi connectivity index (χ2v) is 4.86. The van der Waals surface area contributed by atoms with Crippen LogP contribution in [0.1, 0.15) is 30.0 Å². The monoisotopic (exact) mass is 301 g/mol. The maximum atomic E-state index is 13.9. The van der Waals surface area contributed by atoms with Gasteiger partial charge >= 0.3 is 6.09 Å². The summed E-state index contributed by atoms with van der Waals surface area (Å²) in [6.07, 6.45) is 1.89. The van der Waals surface area contributed by atoms with Gasteiger partial charge in [0.1, 0.15) is 5.82 Å². The summed E-state index contributed by atoms with van der Waals surface area (Å²) in [7, 11) is 1.32. The van der Waals surface area contributed by atoms with Gasteiger partial charge in [-0.25, -0.2) is 9.18 Å². The minimum atomic E-state index is -0.480. The first-order chi connectivity index (χ1) is 8.13. The van der Waals surface area contributed by atoms with Gasteiger partial charge in [-0.15, -0.1) is 0 Å². The Morgan fingerprint density at radius 3 is 3.06 bits per heavy atom. The van der Waals surface area contributed by atoms with Crippen LogP contribution >= 0.6 is 15.9 Å². The molecule has 1 aliphatic rings. The van der Waals surface area contributed by atoms with Crippen LogP contribution in [0, 0.1) is 5.82 Å². The molecule has 0 heterocycles. The van der Waals surface area contributed by atoms with Gasteiger partial charge in [0.2, 0.25) is 0 Å². The highest BCUT2D eigenvalue weighted by molar-refractivity contribution is 9.10. The van der Waals surface area contributed by atoms with Gasteiger partial charge in [0.15, 0.2) is 0 Å². The lowest BCUT2D eigenvalue weighted by molar-refractivity contribution is 0.165. The third-order valence-corrected chi connectivity index (χ3v) is 3.62. The Hall–Kier alpha value is -1.10. The fourth-order valence-corrected chi connectivity index (χ4v) is 2.55. The number of ether oxygens (including phenoxy) is 1. The highest BCUT2D eigenvalue weighted by Crippen LogP contribution is 2.34. The number of hydrogen-bond donors (Lipinski definition) is 1. The normalized spacial score (nSPS) is 18.4. The van der Waals surface area contributed by atoms with Gasteiger partial charge in [-0.1, -0.05) is 6.07 Å². The van der Waals surface area contributed by atoms with Gasteiger partial charge < -0.3 is 10.1 Å². The molecule has 0 bridgehead atoms. The molecular weight excluding hydrogens is 289 g/mol. The highest BCUT2D eigenvalue weighted by atomic mass is 79.9. The lowest BCUT2D eigenvalue weighted by atomic mass is 9.87. The van der Waals surface area contributed by atoms with Crippen LogP contribution in [0.25, 0.3) is 0 Å². The van der Waals surface area contributed by atoms with Crippen LogP contribution in [0.4, 0.5) is 9.18 Å². The van der Waals surface area contributed by atoms with Crippen LogP contribution in [0.15, 0.2) is 16.6 Å². The maximum Gasteiger partial charge on any atom is 0.407 e. The molecule has 1 aromatic rings. The number of methoxy groups -OCH3 is 1. The predicted octanol–water partition coefficient (Wildman–Crippen LogP) is 3.32. The number of alkyl carbamates (subject to hydrolysis) is 1. The summed E-state index contributed by atoms with van der Waals surface area (Å²) in [5, 5.41) is 2.73. The molecule has 1 aromatic carbocycles. The summed E-state index contributed by atoms with van der Waals surface area (Å²) in [6, 6.07) is 3.36. The Morgan fingerprint density at radius 1 is 1.59 bits per heavy atom. The molecule has 5 heteroatoms. The summed E-state index contributed by atoms with van der Waals surface area (Å²) in [5.41, 5.74) is 1.54. The van der Waals surface area contributed by atoms with Crippen molar-refractivity contribution in [3.8, 4) is 0 Å². The SMILES string of the molecule is COC(=O)NC1CCCc2c1ccc(Br)c2F. The van der Waals surface area contributed by atoms with E-state index in [-0.39, 0.29) is 11.9 Å². The third-order valence-electron chi connectivity index (χ3n) is 3.00. The van der Waals surface area contributed by atoms with E-state index in [1.54, 1.807) is 6.07 Å². The summed E-state index contributed by atoms with van der Waals surface area (Å²) in [4.78, 5) is 11.2. The second-order valence-electron chi connectivity index (χ2n) is 4.01. The number of benzene rings is 1. The number of halogens is 2. The van der Waals surface area contributed by atoms with E-state index in [2.05, 4.69) is 26.0 Å². The molecule has 0 aromatic heterocycles. The van der Waals surface area contributed by atoms with Crippen molar-refractivity contribution in [1.29, 1.82) is 0 Å². The summed E-state index contributed by atoms with van der Waals surface area (Å²) >= 11 is 3.17. The first-order valence-electron chi connectivity index (χ1n) is 5.44. The number of nitrogens with one attached hydrogen (secondary N) is 1. The van der Waals surface area contributed by atoms with Crippen molar-refractivity contribution >= 4 is 22.0 Å². The van der Waals surface area contributed by atoms with Crippen molar-refractivity contribution in [3.63, 3.8) is 0 Å². The minimum absolute atomic E-state index is 0.159. The number of rotatable bonds is 1. The van der Waals surface area contributed by atoms with Crippen LogP contribution in [0.5, 0.6) is 0 Å². The van der Waals surface area contributed by atoms with Crippen LogP contribution < -0.4 is 5.32 Å². The van der Waals surface area contributed by atoms with Crippen molar-refractivity contribution in [2.45, 2.75) is 25.3 Å². The van der Waals surface area contributed by atoms with Crippen molar-refractivity contribution in [1.82, 2.24) is 5.32 Å². The molecule has 92 valence electrons. The van der Waals surface area contributed by atoms with Crippen LogP contribution in [0.2, 0.25) is 0 Å².